The summed E-state index contributed by atoms with van der Waals surface area (Å²) in [5.74, 6) is 1.34. The maximum absolute atomic E-state index is 13.3. The average Bonchev–Trinajstić information content (AvgIpc) is 2.37. The second-order valence-corrected chi connectivity index (χ2v) is 6.85. The number of hydrogen-bond acceptors (Lipinski definition) is 4. The predicted molar refractivity (Wildman–Crippen MR) is 85.4 cm³/mol. The molecule has 0 bridgehead atoms. The lowest BCUT2D eigenvalue weighted by Crippen LogP contribution is -2.17. The second-order valence-electron chi connectivity index (χ2n) is 5.75. The Hall–Kier alpha value is -1.62. The van der Waals surface area contributed by atoms with Gasteiger partial charge in [0.05, 0.1) is 0 Å². The van der Waals surface area contributed by atoms with Gasteiger partial charge in [-0.25, -0.2) is 14.4 Å². The van der Waals surface area contributed by atoms with E-state index in [2.05, 4.69) is 36.1 Å². The molecule has 1 aromatic carbocycles. The van der Waals surface area contributed by atoms with Gasteiger partial charge in [0, 0.05) is 22.9 Å². The van der Waals surface area contributed by atoms with Crippen LogP contribution in [0.15, 0.2) is 40.3 Å². The number of nitrogens with zero attached hydrogens (tertiary/aromatic N) is 2. The molecule has 2 aromatic rings. The molecule has 112 valence electrons. The van der Waals surface area contributed by atoms with Gasteiger partial charge in [0.2, 0.25) is 0 Å². The summed E-state index contributed by atoms with van der Waals surface area (Å²) in [6.45, 7) is 9.06. The van der Waals surface area contributed by atoms with Crippen molar-refractivity contribution >= 4 is 17.6 Å². The Bertz CT molecular complexity index is 623. The summed E-state index contributed by atoms with van der Waals surface area (Å²) in [7, 11) is 0. The first-order valence-corrected chi connectivity index (χ1v) is 7.77. The molecule has 0 aliphatic carbocycles. The molecule has 1 aromatic heterocycles. The molecular weight excluding hydrogens is 285 g/mol. The van der Waals surface area contributed by atoms with Gasteiger partial charge in [0.15, 0.2) is 0 Å². The summed E-state index contributed by atoms with van der Waals surface area (Å²) in [6.07, 6.45) is 0. The molecule has 0 aliphatic heterocycles. The van der Waals surface area contributed by atoms with Gasteiger partial charge in [-0.2, -0.15) is 0 Å². The molecule has 5 heteroatoms. The summed E-state index contributed by atoms with van der Waals surface area (Å²) in [6, 6.07) is 8.42. The first-order chi connectivity index (χ1) is 9.88. The van der Waals surface area contributed by atoms with Crippen LogP contribution in [0.2, 0.25) is 0 Å². The van der Waals surface area contributed by atoms with E-state index in [0.29, 0.717) is 0 Å². The van der Waals surface area contributed by atoms with Crippen LogP contribution >= 0.6 is 11.8 Å². The van der Waals surface area contributed by atoms with E-state index in [1.54, 1.807) is 6.07 Å². The zero-order valence-electron chi connectivity index (χ0n) is 12.8. The molecule has 3 nitrogen and oxygen atoms in total. The summed E-state index contributed by atoms with van der Waals surface area (Å²) < 4.78 is 13.3. The topological polar surface area (TPSA) is 37.8 Å². The molecule has 0 fully saturated rings. The van der Waals surface area contributed by atoms with Crippen molar-refractivity contribution < 1.29 is 4.39 Å². The van der Waals surface area contributed by atoms with Crippen LogP contribution in [-0.4, -0.2) is 16.5 Å². The first kappa shape index (κ1) is 15.8. The second kappa shape index (κ2) is 6.43. The summed E-state index contributed by atoms with van der Waals surface area (Å²) in [4.78, 5) is 9.97. The number of anilines is 1. The van der Waals surface area contributed by atoms with E-state index in [1.165, 1.54) is 23.9 Å². The molecular formula is C16H20FN3S. The van der Waals surface area contributed by atoms with Crippen LogP contribution in [0.5, 0.6) is 0 Å². The quantitative estimate of drug-likeness (QED) is 0.844. The van der Waals surface area contributed by atoms with Crippen molar-refractivity contribution in [2.45, 2.75) is 43.0 Å². The molecule has 1 heterocycles. The monoisotopic (exact) mass is 305 g/mol. The molecule has 0 spiro atoms. The number of halogens is 1. The number of rotatable bonds is 4. The predicted octanol–water partition coefficient (Wildman–Crippen LogP) is 4.50. The SMILES string of the molecule is CCNc1cc(Sc2cccc(F)c2)nc(C(C)(C)C)n1. The van der Waals surface area contributed by atoms with E-state index in [4.69, 9.17) is 0 Å². The largest absolute Gasteiger partial charge is 0.370 e. The van der Waals surface area contributed by atoms with E-state index in [1.807, 2.05) is 19.1 Å². The minimum atomic E-state index is -0.239. The zero-order chi connectivity index (χ0) is 15.5. The van der Waals surface area contributed by atoms with Gasteiger partial charge in [0.25, 0.3) is 0 Å². The zero-order valence-corrected chi connectivity index (χ0v) is 13.6. The Balaban J connectivity index is 2.35. The fourth-order valence-electron chi connectivity index (χ4n) is 1.74. The fourth-order valence-corrected chi connectivity index (χ4v) is 2.60. The smallest absolute Gasteiger partial charge is 0.137 e. The van der Waals surface area contributed by atoms with E-state index in [-0.39, 0.29) is 11.2 Å². The molecule has 0 unspecified atom stereocenters. The number of benzene rings is 1. The molecule has 0 amide bonds. The Morgan fingerprint density at radius 3 is 2.57 bits per heavy atom. The number of hydrogen-bond donors (Lipinski definition) is 1. The lowest BCUT2D eigenvalue weighted by molar-refractivity contribution is 0.539. The lowest BCUT2D eigenvalue weighted by Gasteiger charge is -2.18. The first-order valence-electron chi connectivity index (χ1n) is 6.95. The normalized spacial score (nSPS) is 11.5. The summed E-state index contributed by atoms with van der Waals surface area (Å²) >= 11 is 1.44. The van der Waals surface area contributed by atoms with Crippen molar-refractivity contribution in [3.8, 4) is 0 Å². The molecule has 0 saturated carbocycles. The molecule has 21 heavy (non-hydrogen) atoms. The van der Waals surface area contributed by atoms with Crippen LogP contribution in [0.3, 0.4) is 0 Å². The highest BCUT2D eigenvalue weighted by atomic mass is 32.2. The Morgan fingerprint density at radius 1 is 1.19 bits per heavy atom. The van der Waals surface area contributed by atoms with E-state index >= 15 is 0 Å². The van der Waals surface area contributed by atoms with Crippen molar-refractivity contribution in [1.82, 2.24) is 9.97 Å². The Kier molecular flexibility index (Phi) is 4.83. The molecule has 0 aliphatic rings. The van der Waals surface area contributed by atoms with Crippen molar-refractivity contribution in [2.24, 2.45) is 0 Å². The number of nitrogens with one attached hydrogen (secondary N) is 1. The molecule has 0 saturated heterocycles. The van der Waals surface area contributed by atoms with Crippen molar-refractivity contribution in [2.75, 3.05) is 11.9 Å². The Morgan fingerprint density at radius 2 is 1.95 bits per heavy atom. The van der Waals surface area contributed by atoms with Crippen LogP contribution in [0.1, 0.15) is 33.5 Å². The lowest BCUT2D eigenvalue weighted by atomic mass is 9.96. The van der Waals surface area contributed by atoms with Gasteiger partial charge in [0.1, 0.15) is 22.5 Å². The van der Waals surface area contributed by atoms with E-state index in [0.717, 1.165) is 28.1 Å². The standard InChI is InChI=1S/C16H20FN3S/c1-5-18-13-10-14(20-15(19-13)16(2,3)4)21-12-8-6-7-11(17)9-12/h6-10H,5H2,1-4H3,(H,18,19,20). The van der Waals surface area contributed by atoms with Crippen molar-refractivity contribution in [1.29, 1.82) is 0 Å². The maximum Gasteiger partial charge on any atom is 0.137 e. The number of aromatic nitrogens is 2. The van der Waals surface area contributed by atoms with Gasteiger partial charge in [-0.1, -0.05) is 38.6 Å². The highest BCUT2D eigenvalue weighted by molar-refractivity contribution is 7.99. The summed E-state index contributed by atoms with van der Waals surface area (Å²) in [5.41, 5.74) is -0.136. The molecule has 0 atom stereocenters. The van der Waals surface area contributed by atoms with Crippen LogP contribution in [-0.2, 0) is 5.41 Å². The van der Waals surface area contributed by atoms with Crippen LogP contribution in [0.4, 0.5) is 10.2 Å². The van der Waals surface area contributed by atoms with Gasteiger partial charge >= 0.3 is 0 Å². The minimum absolute atomic E-state index is 0.136. The van der Waals surface area contributed by atoms with Gasteiger partial charge in [-0.05, 0) is 25.1 Å². The van der Waals surface area contributed by atoms with Crippen LogP contribution in [0.25, 0.3) is 0 Å². The molecule has 1 N–H and O–H groups in total. The minimum Gasteiger partial charge on any atom is -0.370 e. The average molecular weight is 305 g/mol. The maximum atomic E-state index is 13.3. The van der Waals surface area contributed by atoms with Crippen molar-refractivity contribution in [3.63, 3.8) is 0 Å². The third-order valence-corrected chi connectivity index (χ3v) is 3.66. The highest BCUT2D eigenvalue weighted by Crippen LogP contribution is 2.30. The van der Waals surface area contributed by atoms with Crippen molar-refractivity contribution in [3.05, 3.63) is 42.0 Å². The summed E-state index contributed by atoms with van der Waals surface area (Å²) in [5, 5.41) is 4.04. The van der Waals surface area contributed by atoms with E-state index in [9.17, 15) is 4.39 Å². The van der Waals surface area contributed by atoms with Gasteiger partial charge in [-0.3, -0.25) is 0 Å². The van der Waals surface area contributed by atoms with Gasteiger partial charge < -0.3 is 5.32 Å². The third-order valence-electron chi connectivity index (χ3n) is 2.75. The molecule has 2 rings (SSSR count). The van der Waals surface area contributed by atoms with Crippen LogP contribution in [0, 0.1) is 5.82 Å². The highest BCUT2D eigenvalue weighted by Gasteiger charge is 2.19. The van der Waals surface area contributed by atoms with Crippen LogP contribution < -0.4 is 5.32 Å². The molecule has 0 radical (unpaired) electrons. The van der Waals surface area contributed by atoms with E-state index < -0.39 is 0 Å². The van der Waals surface area contributed by atoms with Gasteiger partial charge in [-0.15, -0.1) is 0 Å². The Labute approximate surface area is 129 Å². The third kappa shape index (κ3) is 4.43. The fraction of sp³-hybridized carbons (Fsp3) is 0.375.